The van der Waals surface area contributed by atoms with Crippen molar-refractivity contribution in [2.24, 2.45) is 5.73 Å². The van der Waals surface area contributed by atoms with Gasteiger partial charge in [-0.05, 0) is 19.4 Å². The molecule has 2 N–H and O–H groups in total. The number of unbranched alkanes of at least 4 members (excludes halogenated alkanes) is 1. The van der Waals surface area contributed by atoms with E-state index in [2.05, 4.69) is 4.74 Å². The third-order valence-corrected chi connectivity index (χ3v) is 2.06. The van der Waals surface area contributed by atoms with Crippen LogP contribution in [0, 0.1) is 0 Å². The van der Waals surface area contributed by atoms with Gasteiger partial charge in [0.05, 0.1) is 13.7 Å². The molecule has 6 heteroatoms. The van der Waals surface area contributed by atoms with E-state index in [1.165, 1.54) is 7.11 Å². The number of methoxy groups -OCH3 is 1. The molecule has 0 heterocycles. The molecule has 6 nitrogen and oxygen atoms in total. The van der Waals surface area contributed by atoms with E-state index >= 15 is 0 Å². The van der Waals surface area contributed by atoms with Crippen LogP contribution in [0.25, 0.3) is 0 Å². The normalized spacial score (nSPS) is 11.9. The summed E-state index contributed by atoms with van der Waals surface area (Å²) in [6.45, 7) is 2.68. The van der Waals surface area contributed by atoms with Crippen LogP contribution >= 0.6 is 0 Å². The molecule has 0 aliphatic heterocycles. The number of ether oxygens (including phenoxy) is 1. The minimum atomic E-state index is -0.760. The van der Waals surface area contributed by atoms with Crippen molar-refractivity contribution in [1.29, 1.82) is 0 Å². The summed E-state index contributed by atoms with van der Waals surface area (Å²) in [5, 5.41) is 0.981. The number of nitrogens with zero attached hydrogens (tertiary/aromatic N) is 1. The zero-order valence-electron chi connectivity index (χ0n) is 9.85. The Labute approximate surface area is 95.6 Å². The maximum absolute atomic E-state index is 11.4. The number of hydrogen-bond acceptors (Lipinski definition) is 5. The van der Waals surface area contributed by atoms with Gasteiger partial charge in [0.1, 0.15) is 0 Å². The summed E-state index contributed by atoms with van der Waals surface area (Å²) in [5.74, 6) is -0.519. The van der Waals surface area contributed by atoms with Crippen molar-refractivity contribution in [2.45, 2.75) is 32.2 Å². The molecule has 0 aromatic heterocycles. The van der Waals surface area contributed by atoms with Crippen LogP contribution < -0.4 is 5.73 Å². The molecule has 0 aromatic carbocycles. The molecule has 0 bridgehead atoms. The number of carbonyl (C=O) groups is 2. The molecule has 1 atom stereocenters. The summed E-state index contributed by atoms with van der Waals surface area (Å²) in [7, 11) is 1.26. The number of nitrogens with two attached hydrogens (primary N) is 1. The van der Waals surface area contributed by atoms with E-state index in [-0.39, 0.29) is 6.54 Å². The maximum atomic E-state index is 11.4. The van der Waals surface area contributed by atoms with E-state index in [0.717, 1.165) is 17.9 Å². The predicted octanol–water partition coefficient (Wildman–Crippen LogP) is 0.0669. The minimum Gasteiger partial charge on any atom is -0.467 e. The Morgan fingerprint density at radius 1 is 1.56 bits per heavy atom. The number of esters is 1. The largest absolute Gasteiger partial charge is 0.467 e. The van der Waals surface area contributed by atoms with Gasteiger partial charge in [-0.25, -0.2) is 9.86 Å². The minimum absolute atomic E-state index is 0.279. The predicted molar refractivity (Wildman–Crippen MR) is 58.2 cm³/mol. The molecule has 0 spiro atoms. The fourth-order valence-corrected chi connectivity index (χ4v) is 1.15. The van der Waals surface area contributed by atoms with Crippen LogP contribution in [0.1, 0.15) is 26.2 Å². The summed E-state index contributed by atoms with van der Waals surface area (Å²) in [5.41, 5.74) is 5.36. The van der Waals surface area contributed by atoms with E-state index in [9.17, 15) is 9.59 Å². The van der Waals surface area contributed by atoms with Gasteiger partial charge in [-0.2, -0.15) is 0 Å². The van der Waals surface area contributed by atoms with Gasteiger partial charge in [0.15, 0.2) is 6.04 Å². The number of rotatable bonds is 9. The number of amides is 1. The van der Waals surface area contributed by atoms with Crippen molar-refractivity contribution in [3.8, 4) is 0 Å². The van der Waals surface area contributed by atoms with Crippen LogP contribution in [0.15, 0.2) is 0 Å². The first-order valence-electron chi connectivity index (χ1n) is 5.35. The lowest BCUT2D eigenvalue weighted by atomic mass is 10.2. The van der Waals surface area contributed by atoms with Crippen LogP contribution in [0.3, 0.4) is 0 Å². The van der Waals surface area contributed by atoms with Gasteiger partial charge in [-0.15, -0.1) is 0 Å². The second-order valence-electron chi connectivity index (χ2n) is 3.27. The molecule has 0 saturated carbocycles. The quantitative estimate of drug-likeness (QED) is 0.263. The summed E-state index contributed by atoms with van der Waals surface area (Å²) >= 11 is 0. The smallest absolute Gasteiger partial charge is 0.331 e. The van der Waals surface area contributed by atoms with Gasteiger partial charge in [-0.3, -0.25) is 9.63 Å². The lowest BCUT2D eigenvalue weighted by Gasteiger charge is -2.24. The molecule has 0 aliphatic rings. The highest BCUT2D eigenvalue weighted by Gasteiger charge is 2.26. The van der Waals surface area contributed by atoms with E-state index in [0.29, 0.717) is 19.4 Å². The first-order chi connectivity index (χ1) is 7.71. The molecule has 0 aromatic rings. The van der Waals surface area contributed by atoms with Crippen LogP contribution in [0.2, 0.25) is 0 Å². The number of hydrogen-bond donors (Lipinski definition) is 1. The highest BCUT2D eigenvalue weighted by molar-refractivity contribution is 5.77. The summed E-state index contributed by atoms with van der Waals surface area (Å²) in [6, 6.07) is -0.760. The Morgan fingerprint density at radius 2 is 2.25 bits per heavy atom. The van der Waals surface area contributed by atoms with Crippen molar-refractivity contribution in [1.82, 2.24) is 5.06 Å². The van der Waals surface area contributed by atoms with E-state index < -0.39 is 12.0 Å². The molecule has 0 unspecified atom stereocenters. The highest BCUT2D eigenvalue weighted by atomic mass is 16.7. The molecule has 0 radical (unpaired) electrons. The van der Waals surface area contributed by atoms with Crippen molar-refractivity contribution in [3.63, 3.8) is 0 Å². The van der Waals surface area contributed by atoms with Crippen LogP contribution in [-0.2, 0) is 19.2 Å². The van der Waals surface area contributed by atoms with Crippen molar-refractivity contribution in [2.75, 3.05) is 20.3 Å². The topological polar surface area (TPSA) is 81.9 Å². The summed E-state index contributed by atoms with van der Waals surface area (Å²) in [4.78, 5) is 27.3. The van der Waals surface area contributed by atoms with Crippen molar-refractivity contribution in [3.05, 3.63) is 0 Å². The molecule has 0 aliphatic carbocycles. The van der Waals surface area contributed by atoms with E-state index in [1.54, 1.807) is 0 Å². The Balaban J connectivity index is 4.32. The van der Waals surface area contributed by atoms with Gasteiger partial charge >= 0.3 is 5.97 Å². The number of carbonyl (C=O) groups excluding carboxylic acids is 2. The van der Waals surface area contributed by atoms with Crippen LogP contribution in [0.5, 0.6) is 0 Å². The molecule has 0 saturated heterocycles. The summed E-state index contributed by atoms with van der Waals surface area (Å²) in [6.07, 6.45) is 2.57. The van der Waals surface area contributed by atoms with Gasteiger partial charge in [0.25, 0.3) is 0 Å². The van der Waals surface area contributed by atoms with Crippen molar-refractivity contribution >= 4 is 12.4 Å². The third kappa shape index (κ3) is 5.09. The Kier molecular flexibility index (Phi) is 8.46. The highest BCUT2D eigenvalue weighted by Crippen LogP contribution is 2.05. The van der Waals surface area contributed by atoms with Gasteiger partial charge in [-0.1, -0.05) is 13.3 Å². The zero-order chi connectivity index (χ0) is 12.4. The Hall–Kier alpha value is -1.14. The van der Waals surface area contributed by atoms with Crippen molar-refractivity contribution < 1.29 is 19.2 Å². The average Bonchev–Trinajstić information content (AvgIpc) is 2.31. The second-order valence-corrected chi connectivity index (χ2v) is 3.27. The zero-order valence-corrected chi connectivity index (χ0v) is 9.85. The Morgan fingerprint density at radius 3 is 2.69 bits per heavy atom. The maximum Gasteiger partial charge on any atom is 0.331 e. The SMILES string of the molecule is CCCCON(C=O)[C@H](CCN)C(=O)OC. The fraction of sp³-hybridized carbons (Fsp3) is 0.800. The average molecular weight is 232 g/mol. The third-order valence-electron chi connectivity index (χ3n) is 2.06. The van der Waals surface area contributed by atoms with E-state index in [1.807, 2.05) is 6.92 Å². The van der Waals surface area contributed by atoms with Gasteiger partial charge in [0, 0.05) is 0 Å². The second kappa shape index (κ2) is 9.11. The van der Waals surface area contributed by atoms with E-state index in [4.69, 9.17) is 10.6 Å². The molecule has 0 fully saturated rings. The first kappa shape index (κ1) is 14.9. The molecular formula is C10H20N2O4. The molecule has 16 heavy (non-hydrogen) atoms. The van der Waals surface area contributed by atoms with Crippen LogP contribution in [-0.4, -0.2) is 43.7 Å². The lowest BCUT2D eigenvalue weighted by molar-refractivity contribution is -0.198. The van der Waals surface area contributed by atoms with Crippen LogP contribution in [0.4, 0.5) is 0 Å². The van der Waals surface area contributed by atoms with Gasteiger partial charge in [0.2, 0.25) is 6.41 Å². The Bertz CT molecular complexity index is 211. The standard InChI is InChI=1S/C10H20N2O4/c1-3-4-7-16-12(8-13)9(5-6-11)10(14)15-2/h8-9H,3-7,11H2,1-2H3/t9-/m1/s1. The first-order valence-corrected chi connectivity index (χ1v) is 5.35. The molecule has 1 amide bonds. The fourth-order valence-electron chi connectivity index (χ4n) is 1.15. The molecular weight excluding hydrogens is 212 g/mol. The molecule has 0 rings (SSSR count). The molecule has 94 valence electrons. The monoisotopic (exact) mass is 232 g/mol. The summed E-state index contributed by atoms with van der Waals surface area (Å²) < 4.78 is 4.58. The lowest BCUT2D eigenvalue weighted by Crippen LogP contribution is -2.42. The van der Waals surface area contributed by atoms with Gasteiger partial charge < -0.3 is 10.5 Å². The number of hydroxylamine groups is 2.